The van der Waals surface area contributed by atoms with Gasteiger partial charge in [-0.05, 0) is 51.3 Å². The van der Waals surface area contributed by atoms with Gasteiger partial charge in [0, 0.05) is 6.04 Å². The summed E-state index contributed by atoms with van der Waals surface area (Å²) in [6.07, 6.45) is -3.92. The first kappa shape index (κ1) is 23.2. The molecule has 0 unspecified atom stereocenters. The van der Waals surface area contributed by atoms with E-state index in [0.29, 0.717) is 5.56 Å². The number of nitrogens with one attached hydrogen (secondary N) is 1. The third-order valence-electron chi connectivity index (χ3n) is 3.25. The zero-order valence-corrected chi connectivity index (χ0v) is 16.4. The summed E-state index contributed by atoms with van der Waals surface area (Å²) in [5.41, 5.74) is -0.960. The summed E-state index contributed by atoms with van der Waals surface area (Å²) in [4.78, 5) is 12.0. The van der Waals surface area contributed by atoms with Gasteiger partial charge in [-0.3, -0.25) is 4.18 Å². The van der Waals surface area contributed by atoms with E-state index in [-0.39, 0.29) is 19.4 Å². The second kappa shape index (κ2) is 8.92. The maximum Gasteiger partial charge on any atom is 0.416 e. The molecular weight excluding hydrogens is 387 g/mol. The Morgan fingerprint density at radius 2 is 1.70 bits per heavy atom. The van der Waals surface area contributed by atoms with Gasteiger partial charge in [0.1, 0.15) is 5.60 Å². The molecule has 0 heterocycles. The molecule has 0 spiro atoms. The quantitative estimate of drug-likeness (QED) is 0.695. The molecule has 0 bridgehead atoms. The summed E-state index contributed by atoms with van der Waals surface area (Å²) in [5, 5.41) is 2.59. The van der Waals surface area contributed by atoms with Gasteiger partial charge in [-0.25, -0.2) is 4.79 Å². The highest BCUT2D eigenvalue weighted by Gasteiger charge is 2.30. The molecule has 1 aromatic rings. The highest BCUT2D eigenvalue weighted by Crippen LogP contribution is 2.29. The Morgan fingerprint density at radius 3 is 2.15 bits per heavy atom. The van der Waals surface area contributed by atoms with Crippen molar-refractivity contribution in [1.29, 1.82) is 0 Å². The highest BCUT2D eigenvalue weighted by atomic mass is 32.2. The van der Waals surface area contributed by atoms with Gasteiger partial charge in [0.25, 0.3) is 10.1 Å². The number of benzene rings is 1. The van der Waals surface area contributed by atoms with Crippen molar-refractivity contribution in [2.24, 2.45) is 0 Å². The molecule has 1 aromatic carbocycles. The smallest absolute Gasteiger partial charge is 0.416 e. The van der Waals surface area contributed by atoms with E-state index in [0.717, 1.165) is 18.4 Å². The van der Waals surface area contributed by atoms with Gasteiger partial charge in [-0.15, -0.1) is 0 Å². The number of alkyl halides is 3. The summed E-state index contributed by atoms with van der Waals surface area (Å²) in [7, 11) is -3.64. The fourth-order valence-corrected chi connectivity index (χ4v) is 2.55. The number of carbonyl (C=O) groups excluding carboxylic acids is 1. The lowest BCUT2D eigenvalue weighted by molar-refractivity contribution is -0.137. The van der Waals surface area contributed by atoms with E-state index in [1.54, 1.807) is 20.8 Å². The Balaban J connectivity index is 2.81. The van der Waals surface area contributed by atoms with Gasteiger partial charge in [0.05, 0.1) is 18.4 Å². The number of carbonyl (C=O) groups is 1. The Morgan fingerprint density at radius 1 is 1.15 bits per heavy atom. The minimum atomic E-state index is -4.43. The number of rotatable bonds is 7. The molecule has 0 saturated carbocycles. The number of halogens is 3. The molecule has 0 aromatic heterocycles. The van der Waals surface area contributed by atoms with E-state index in [9.17, 15) is 26.4 Å². The van der Waals surface area contributed by atoms with Crippen LogP contribution in [0.25, 0.3) is 0 Å². The third-order valence-corrected chi connectivity index (χ3v) is 3.84. The first-order valence-electron chi connectivity index (χ1n) is 8.16. The maximum absolute atomic E-state index is 12.6. The first-order chi connectivity index (χ1) is 12.2. The van der Waals surface area contributed by atoms with Crippen molar-refractivity contribution in [1.82, 2.24) is 5.32 Å². The Kier molecular flexibility index (Phi) is 7.67. The van der Waals surface area contributed by atoms with Gasteiger partial charge >= 0.3 is 12.3 Å². The average Bonchev–Trinajstić information content (AvgIpc) is 2.43. The molecule has 0 saturated heterocycles. The second-order valence-electron chi connectivity index (χ2n) is 7.06. The van der Waals surface area contributed by atoms with Gasteiger partial charge in [0.15, 0.2) is 0 Å². The Labute approximate surface area is 157 Å². The van der Waals surface area contributed by atoms with Crippen LogP contribution in [0.4, 0.5) is 18.0 Å². The summed E-state index contributed by atoms with van der Waals surface area (Å²) in [5.74, 6) is 0. The van der Waals surface area contributed by atoms with E-state index in [1.165, 1.54) is 12.1 Å². The van der Waals surface area contributed by atoms with Gasteiger partial charge in [-0.2, -0.15) is 21.6 Å². The molecule has 0 aliphatic heterocycles. The van der Waals surface area contributed by atoms with Gasteiger partial charge < -0.3 is 10.1 Å². The molecule has 0 fully saturated rings. The molecule has 1 N–H and O–H groups in total. The summed E-state index contributed by atoms with van der Waals surface area (Å²) >= 11 is 0. The lowest BCUT2D eigenvalue weighted by Crippen LogP contribution is -2.41. The zero-order chi connectivity index (χ0) is 20.9. The molecule has 1 rings (SSSR count). The normalized spacial score (nSPS) is 13.9. The molecule has 1 amide bonds. The van der Waals surface area contributed by atoms with Crippen molar-refractivity contribution in [2.75, 3.05) is 12.9 Å². The topological polar surface area (TPSA) is 81.7 Å². The van der Waals surface area contributed by atoms with Crippen LogP contribution in [-0.4, -0.2) is 39.0 Å². The predicted molar refractivity (Wildman–Crippen MR) is 93.7 cm³/mol. The highest BCUT2D eigenvalue weighted by molar-refractivity contribution is 7.85. The lowest BCUT2D eigenvalue weighted by atomic mass is 10.0. The van der Waals surface area contributed by atoms with Crippen LogP contribution in [0.3, 0.4) is 0 Å². The number of alkyl carbamates (subject to hydrolysis) is 1. The molecule has 0 radical (unpaired) electrons. The van der Waals surface area contributed by atoms with Crippen LogP contribution < -0.4 is 5.32 Å². The molecule has 154 valence electrons. The molecule has 1 atom stereocenters. The number of hydrogen-bond acceptors (Lipinski definition) is 5. The second-order valence-corrected chi connectivity index (χ2v) is 8.70. The SMILES string of the molecule is CC(C)(C)OC(=O)N[C@@H](CCOS(C)(=O)=O)Cc1ccc(C(F)(F)F)cc1. The number of amides is 1. The first-order valence-corrected chi connectivity index (χ1v) is 9.97. The van der Waals surface area contributed by atoms with Crippen molar-refractivity contribution < 1.29 is 35.3 Å². The molecule has 27 heavy (non-hydrogen) atoms. The van der Waals surface area contributed by atoms with Crippen molar-refractivity contribution >= 4 is 16.2 Å². The van der Waals surface area contributed by atoms with Gasteiger partial charge in [0.2, 0.25) is 0 Å². The van der Waals surface area contributed by atoms with Crippen LogP contribution in [0.1, 0.15) is 38.3 Å². The van der Waals surface area contributed by atoms with E-state index >= 15 is 0 Å². The molecule has 10 heteroatoms. The fourth-order valence-electron chi connectivity index (χ4n) is 2.16. The summed E-state index contributed by atoms with van der Waals surface area (Å²) < 4.78 is 69.9. The standard InChI is InChI=1S/C17H24F3NO5S/c1-16(2,3)26-15(22)21-14(9-10-25-27(4,23)24)11-12-5-7-13(8-6-12)17(18,19)20/h5-8,14H,9-11H2,1-4H3,(H,21,22)/t14-/m0/s1. The predicted octanol–water partition coefficient (Wildman–Crippen LogP) is 3.51. The van der Waals surface area contributed by atoms with Crippen molar-refractivity contribution in [2.45, 2.75) is 51.4 Å². The molecule has 0 aliphatic carbocycles. The van der Waals surface area contributed by atoms with Crippen LogP contribution in [0.2, 0.25) is 0 Å². The lowest BCUT2D eigenvalue weighted by Gasteiger charge is -2.24. The van der Waals surface area contributed by atoms with Crippen LogP contribution in [0.15, 0.2) is 24.3 Å². The summed E-state index contributed by atoms with van der Waals surface area (Å²) in [6, 6.07) is 3.94. The molecule has 6 nitrogen and oxygen atoms in total. The number of hydrogen-bond donors (Lipinski definition) is 1. The van der Waals surface area contributed by atoms with Crippen LogP contribution in [0.5, 0.6) is 0 Å². The van der Waals surface area contributed by atoms with Crippen molar-refractivity contribution in [3.63, 3.8) is 0 Å². The van der Waals surface area contributed by atoms with Crippen molar-refractivity contribution in [3.05, 3.63) is 35.4 Å². The number of ether oxygens (including phenoxy) is 1. The van der Waals surface area contributed by atoms with Crippen molar-refractivity contribution in [3.8, 4) is 0 Å². The monoisotopic (exact) mass is 411 g/mol. The minimum absolute atomic E-state index is 0.132. The third kappa shape index (κ3) is 10.2. The van der Waals surface area contributed by atoms with E-state index in [4.69, 9.17) is 4.74 Å². The van der Waals surface area contributed by atoms with E-state index in [1.807, 2.05) is 0 Å². The average molecular weight is 411 g/mol. The molecule has 0 aliphatic rings. The molecular formula is C17H24F3NO5S. The van der Waals surface area contributed by atoms with Crippen LogP contribution >= 0.6 is 0 Å². The Bertz CT molecular complexity index is 724. The zero-order valence-electron chi connectivity index (χ0n) is 15.6. The maximum atomic E-state index is 12.6. The fraction of sp³-hybridized carbons (Fsp3) is 0.588. The largest absolute Gasteiger partial charge is 0.444 e. The Hall–Kier alpha value is -1.81. The van der Waals surface area contributed by atoms with E-state index < -0.39 is 39.6 Å². The van der Waals surface area contributed by atoms with E-state index in [2.05, 4.69) is 9.50 Å². The summed E-state index contributed by atoms with van der Waals surface area (Å²) in [6.45, 7) is 4.87. The van der Waals surface area contributed by atoms with Gasteiger partial charge in [-0.1, -0.05) is 12.1 Å². The van der Waals surface area contributed by atoms with Crippen LogP contribution in [0, 0.1) is 0 Å². The minimum Gasteiger partial charge on any atom is -0.444 e. The van der Waals surface area contributed by atoms with Crippen LogP contribution in [-0.2, 0) is 31.6 Å².